The van der Waals surface area contributed by atoms with Crippen molar-refractivity contribution in [3.8, 4) is 28.3 Å². The average Bonchev–Trinajstić information content (AvgIpc) is 3.36. The predicted octanol–water partition coefficient (Wildman–Crippen LogP) is 4.57. The number of likely N-dealkylation sites (N-methyl/N-ethyl adjacent to an activating group) is 1. The molecule has 1 aromatic carbocycles. The van der Waals surface area contributed by atoms with Crippen LogP contribution in [-0.2, 0) is 21.1 Å². The van der Waals surface area contributed by atoms with Crippen LogP contribution in [0.4, 0.5) is 5.69 Å². The van der Waals surface area contributed by atoms with Gasteiger partial charge in [0.05, 0.1) is 23.5 Å². The molecule has 0 saturated carbocycles. The molecule has 0 unspecified atom stereocenters. The Hall–Kier alpha value is -4.85. The highest BCUT2D eigenvalue weighted by atomic mass is 16.5. The Labute approximate surface area is 245 Å². The Morgan fingerprint density at radius 3 is 2.69 bits per heavy atom. The summed E-state index contributed by atoms with van der Waals surface area (Å²) >= 11 is 0. The maximum atomic E-state index is 12.6. The SMILES string of the molecule is CC[C@H](C)[C@H](N)C(=O)OCn1cc(-c2cccc(C#N)c2)c2cc(-c3cncc(NC(=O)/C=C/CN(C)C)c3)cnc21. The molecule has 10 nitrogen and oxygen atoms in total. The number of carbonyl (C=O) groups is 2. The first-order valence-corrected chi connectivity index (χ1v) is 13.7. The second-order valence-corrected chi connectivity index (χ2v) is 10.4. The molecule has 4 aromatic rings. The minimum atomic E-state index is -0.716. The number of anilines is 1. The number of nitrogens with zero attached hydrogens (tertiary/aromatic N) is 5. The van der Waals surface area contributed by atoms with E-state index in [4.69, 9.17) is 15.5 Å². The monoisotopic (exact) mass is 565 g/mol. The summed E-state index contributed by atoms with van der Waals surface area (Å²) in [6.45, 7) is 4.48. The van der Waals surface area contributed by atoms with Crippen molar-refractivity contribution in [1.29, 1.82) is 5.26 Å². The molecule has 0 bridgehead atoms. The van der Waals surface area contributed by atoms with Crippen LogP contribution in [-0.4, -0.2) is 58.0 Å². The van der Waals surface area contributed by atoms with Crippen LogP contribution in [0.5, 0.6) is 0 Å². The molecule has 3 aromatic heterocycles. The topological polar surface area (TPSA) is 139 Å². The van der Waals surface area contributed by atoms with Crippen molar-refractivity contribution < 1.29 is 14.3 Å². The lowest BCUT2D eigenvalue weighted by Gasteiger charge is -2.17. The molecule has 4 rings (SSSR count). The Morgan fingerprint density at radius 1 is 1.17 bits per heavy atom. The summed E-state index contributed by atoms with van der Waals surface area (Å²) in [5, 5.41) is 13.1. The number of benzene rings is 1. The molecule has 3 heterocycles. The zero-order valence-corrected chi connectivity index (χ0v) is 24.2. The zero-order chi connectivity index (χ0) is 30.2. The second-order valence-electron chi connectivity index (χ2n) is 10.4. The minimum Gasteiger partial charge on any atom is -0.443 e. The Kier molecular flexibility index (Phi) is 9.81. The molecule has 0 spiro atoms. The fourth-order valence-corrected chi connectivity index (χ4v) is 4.35. The number of esters is 1. The lowest BCUT2D eigenvalue weighted by Crippen LogP contribution is -2.38. The number of pyridine rings is 2. The van der Waals surface area contributed by atoms with Crippen LogP contribution in [0.25, 0.3) is 33.3 Å². The molecular weight excluding hydrogens is 530 g/mol. The molecule has 216 valence electrons. The number of hydrogen-bond acceptors (Lipinski definition) is 8. The van der Waals surface area contributed by atoms with Gasteiger partial charge in [0.15, 0.2) is 6.73 Å². The summed E-state index contributed by atoms with van der Waals surface area (Å²) in [6.07, 6.45) is 10.9. The quantitative estimate of drug-likeness (QED) is 0.199. The van der Waals surface area contributed by atoms with Gasteiger partial charge in [-0.2, -0.15) is 5.26 Å². The minimum absolute atomic E-state index is 0.00732. The molecule has 0 aliphatic heterocycles. The summed E-state index contributed by atoms with van der Waals surface area (Å²) in [4.78, 5) is 35.9. The van der Waals surface area contributed by atoms with E-state index in [0.29, 0.717) is 23.4 Å². The van der Waals surface area contributed by atoms with Crippen molar-refractivity contribution in [1.82, 2.24) is 19.4 Å². The maximum Gasteiger partial charge on any atom is 0.324 e. The highest BCUT2D eigenvalue weighted by Gasteiger charge is 2.22. The van der Waals surface area contributed by atoms with Gasteiger partial charge in [0, 0.05) is 53.3 Å². The molecule has 10 heteroatoms. The van der Waals surface area contributed by atoms with Gasteiger partial charge in [-0.3, -0.25) is 19.1 Å². The van der Waals surface area contributed by atoms with Gasteiger partial charge in [0.2, 0.25) is 5.91 Å². The highest BCUT2D eigenvalue weighted by molar-refractivity contribution is 6.00. The van der Waals surface area contributed by atoms with Crippen LogP contribution < -0.4 is 11.1 Å². The van der Waals surface area contributed by atoms with E-state index >= 15 is 0 Å². The molecular formula is C32H35N7O3. The normalized spacial score (nSPS) is 12.8. The number of ether oxygens (including phenoxy) is 1. The fraction of sp³-hybridized carbons (Fsp3) is 0.281. The van der Waals surface area contributed by atoms with Crippen LogP contribution >= 0.6 is 0 Å². The van der Waals surface area contributed by atoms with Crippen LogP contribution in [0.15, 0.2) is 73.3 Å². The van der Waals surface area contributed by atoms with Crippen molar-refractivity contribution in [3.05, 3.63) is 78.9 Å². The third-order valence-corrected chi connectivity index (χ3v) is 6.97. The average molecular weight is 566 g/mol. The van der Waals surface area contributed by atoms with Crippen molar-refractivity contribution >= 4 is 28.6 Å². The van der Waals surface area contributed by atoms with Crippen LogP contribution in [0, 0.1) is 17.2 Å². The van der Waals surface area contributed by atoms with Crippen molar-refractivity contribution in [2.45, 2.75) is 33.0 Å². The summed E-state index contributed by atoms with van der Waals surface area (Å²) in [5.41, 5.74) is 10.9. The van der Waals surface area contributed by atoms with Gasteiger partial charge in [-0.1, -0.05) is 38.5 Å². The van der Waals surface area contributed by atoms with Crippen LogP contribution in [0.2, 0.25) is 0 Å². The van der Waals surface area contributed by atoms with E-state index in [1.54, 1.807) is 41.4 Å². The summed E-state index contributed by atoms with van der Waals surface area (Å²) < 4.78 is 7.33. The lowest BCUT2D eigenvalue weighted by molar-refractivity contribution is -0.150. The van der Waals surface area contributed by atoms with Crippen LogP contribution in [0.1, 0.15) is 25.8 Å². The number of nitrogens with one attached hydrogen (secondary N) is 1. The lowest BCUT2D eigenvalue weighted by atomic mass is 10.0. The highest BCUT2D eigenvalue weighted by Crippen LogP contribution is 2.33. The summed E-state index contributed by atoms with van der Waals surface area (Å²) in [7, 11) is 3.85. The van der Waals surface area contributed by atoms with E-state index in [-0.39, 0.29) is 18.6 Å². The molecule has 1 amide bonds. The molecule has 0 radical (unpaired) electrons. The van der Waals surface area contributed by atoms with E-state index in [1.165, 1.54) is 6.08 Å². The van der Waals surface area contributed by atoms with E-state index in [2.05, 4.69) is 16.4 Å². The largest absolute Gasteiger partial charge is 0.443 e. The van der Waals surface area contributed by atoms with Gasteiger partial charge in [0.25, 0.3) is 0 Å². The van der Waals surface area contributed by atoms with Crippen molar-refractivity contribution in [2.24, 2.45) is 11.7 Å². The predicted molar refractivity (Wildman–Crippen MR) is 163 cm³/mol. The molecule has 0 aliphatic rings. The number of fused-ring (bicyclic) bond motifs is 1. The molecule has 2 atom stereocenters. The number of nitriles is 1. The second kappa shape index (κ2) is 13.7. The van der Waals surface area contributed by atoms with Gasteiger partial charge in [-0.25, -0.2) is 4.98 Å². The first-order valence-electron chi connectivity index (χ1n) is 13.7. The number of nitrogens with two attached hydrogens (primary N) is 1. The van der Waals surface area contributed by atoms with Crippen molar-refractivity contribution in [3.63, 3.8) is 0 Å². The smallest absolute Gasteiger partial charge is 0.324 e. The Balaban J connectivity index is 1.68. The van der Waals surface area contributed by atoms with Gasteiger partial charge >= 0.3 is 5.97 Å². The van der Waals surface area contributed by atoms with Gasteiger partial charge in [-0.15, -0.1) is 0 Å². The van der Waals surface area contributed by atoms with E-state index in [0.717, 1.165) is 34.1 Å². The maximum absolute atomic E-state index is 12.6. The third-order valence-electron chi connectivity index (χ3n) is 6.97. The Bertz CT molecular complexity index is 1650. The number of aromatic nitrogens is 3. The molecule has 0 fully saturated rings. The van der Waals surface area contributed by atoms with E-state index < -0.39 is 12.0 Å². The van der Waals surface area contributed by atoms with Crippen LogP contribution in [0.3, 0.4) is 0 Å². The number of hydrogen-bond donors (Lipinski definition) is 2. The number of rotatable bonds is 11. The first-order chi connectivity index (χ1) is 20.2. The third kappa shape index (κ3) is 7.26. The zero-order valence-electron chi connectivity index (χ0n) is 24.2. The van der Waals surface area contributed by atoms with E-state index in [9.17, 15) is 14.9 Å². The van der Waals surface area contributed by atoms with E-state index in [1.807, 2.05) is 63.3 Å². The molecule has 42 heavy (non-hydrogen) atoms. The van der Waals surface area contributed by atoms with Gasteiger partial charge in [0.1, 0.15) is 11.7 Å². The number of amides is 1. The van der Waals surface area contributed by atoms with Gasteiger partial charge < -0.3 is 20.7 Å². The standard InChI is InChI=1S/C32H35N7O3/c1-5-21(2)30(34)32(41)42-20-39-19-28(23-9-6-8-22(12-23)15-33)27-14-25(17-36-31(27)39)24-13-26(18-35-16-24)37-29(40)10-7-11-38(3)4/h6-10,12-14,16-19,21,30H,5,11,20,34H2,1-4H3,(H,37,40)/b10-7+/t21-,30-/m0/s1. The molecule has 3 N–H and O–H groups in total. The Morgan fingerprint density at radius 2 is 1.95 bits per heavy atom. The van der Waals surface area contributed by atoms with Crippen molar-refractivity contribution in [2.75, 3.05) is 26.0 Å². The summed E-state index contributed by atoms with van der Waals surface area (Å²) in [5.74, 6) is -0.729. The molecule has 0 aliphatic carbocycles. The molecule has 0 saturated heterocycles. The first kappa shape index (κ1) is 30.1. The number of carbonyl (C=O) groups excluding carboxylic acids is 2. The van der Waals surface area contributed by atoms with Gasteiger partial charge in [-0.05, 0) is 49.8 Å². The fourth-order valence-electron chi connectivity index (χ4n) is 4.35. The summed E-state index contributed by atoms with van der Waals surface area (Å²) in [6, 6.07) is 12.6.